The highest BCUT2D eigenvalue weighted by molar-refractivity contribution is 5.56. The summed E-state index contributed by atoms with van der Waals surface area (Å²) in [6, 6.07) is 12.0. The van der Waals surface area contributed by atoms with Crippen LogP contribution >= 0.6 is 0 Å². The third-order valence-corrected chi connectivity index (χ3v) is 2.38. The van der Waals surface area contributed by atoms with Gasteiger partial charge in [0, 0.05) is 11.9 Å². The van der Waals surface area contributed by atoms with Gasteiger partial charge in [0.15, 0.2) is 0 Å². The Labute approximate surface area is 102 Å². The highest BCUT2D eigenvalue weighted by Gasteiger charge is 2.04. The lowest BCUT2D eigenvalue weighted by Crippen LogP contribution is -2.08. The molecule has 1 heterocycles. The van der Waals surface area contributed by atoms with Crippen molar-refractivity contribution in [3.05, 3.63) is 48.3 Å². The summed E-state index contributed by atoms with van der Waals surface area (Å²) in [5.41, 5.74) is 2.18. The van der Waals surface area contributed by atoms with Crippen molar-refractivity contribution >= 4 is 5.69 Å². The lowest BCUT2D eigenvalue weighted by Gasteiger charge is -2.15. The molecule has 0 saturated carbocycles. The van der Waals surface area contributed by atoms with E-state index in [1.165, 1.54) is 0 Å². The molecule has 0 unspecified atom stereocenters. The van der Waals surface area contributed by atoms with Gasteiger partial charge in [-0.1, -0.05) is 12.1 Å². The third-order valence-electron chi connectivity index (χ3n) is 2.38. The summed E-state index contributed by atoms with van der Waals surface area (Å²) in [5, 5.41) is 3.36. The van der Waals surface area contributed by atoms with E-state index >= 15 is 0 Å². The van der Waals surface area contributed by atoms with Crippen LogP contribution in [0.2, 0.25) is 0 Å². The Morgan fingerprint density at radius 3 is 2.71 bits per heavy atom. The molecule has 3 heteroatoms. The fourth-order valence-electron chi connectivity index (χ4n) is 1.64. The molecule has 0 radical (unpaired) electrons. The van der Waals surface area contributed by atoms with Crippen molar-refractivity contribution in [2.75, 3.05) is 5.32 Å². The van der Waals surface area contributed by atoms with Gasteiger partial charge in [0.05, 0.1) is 18.3 Å². The summed E-state index contributed by atoms with van der Waals surface area (Å²) in [7, 11) is 0. The van der Waals surface area contributed by atoms with Gasteiger partial charge < -0.3 is 15.0 Å². The second-order valence-corrected chi connectivity index (χ2v) is 4.21. The maximum absolute atomic E-state index is 5.74. The minimum Gasteiger partial charge on any atom is -0.489 e. The highest BCUT2D eigenvalue weighted by Crippen LogP contribution is 2.25. The minimum absolute atomic E-state index is 0.184. The molecule has 1 aromatic carbocycles. The van der Waals surface area contributed by atoms with Crippen LogP contribution in [0.1, 0.15) is 19.5 Å². The number of hydrogen-bond acceptors (Lipinski definition) is 2. The minimum atomic E-state index is 0.184. The topological polar surface area (TPSA) is 37.0 Å². The van der Waals surface area contributed by atoms with Crippen LogP contribution in [0, 0.1) is 0 Å². The average molecular weight is 230 g/mol. The number of benzene rings is 1. The van der Waals surface area contributed by atoms with E-state index in [4.69, 9.17) is 4.74 Å². The number of hydrogen-bond donors (Lipinski definition) is 2. The van der Waals surface area contributed by atoms with Crippen molar-refractivity contribution in [1.29, 1.82) is 0 Å². The SMILES string of the molecule is CC(C)Oc1ccccc1NCc1ccc[nH]1. The van der Waals surface area contributed by atoms with Crippen molar-refractivity contribution in [2.45, 2.75) is 26.5 Å². The second-order valence-electron chi connectivity index (χ2n) is 4.21. The molecule has 0 aliphatic carbocycles. The molecule has 2 N–H and O–H groups in total. The maximum Gasteiger partial charge on any atom is 0.142 e. The first kappa shape index (κ1) is 11.6. The van der Waals surface area contributed by atoms with Crippen LogP contribution in [-0.4, -0.2) is 11.1 Å². The van der Waals surface area contributed by atoms with Crippen LogP contribution in [0.15, 0.2) is 42.6 Å². The Morgan fingerprint density at radius 1 is 1.18 bits per heavy atom. The molecule has 0 fully saturated rings. The molecule has 3 nitrogen and oxygen atoms in total. The zero-order valence-corrected chi connectivity index (χ0v) is 10.2. The van der Waals surface area contributed by atoms with Crippen molar-refractivity contribution in [3.63, 3.8) is 0 Å². The molecule has 90 valence electrons. The predicted molar refractivity (Wildman–Crippen MR) is 70.3 cm³/mol. The molecule has 0 atom stereocenters. The van der Waals surface area contributed by atoms with Gasteiger partial charge in [0.25, 0.3) is 0 Å². The van der Waals surface area contributed by atoms with Gasteiger partial charge in [-0.15, -0.1) is 0 Å². The number of H-pyrrole nitrogens is 1. The molecule has 0 saturated heterocycles. The van der Waals surface area contributed by atoms with Crippen molar-refractivity contribution in [3.8, 4) is 5.75 Å². The van der Waals surface area contributed by atoms with Crippen molar-refractivity contribution in [2.24, 2.45) is 0 Å². The third kappa shape index (κ3) is 3.28. The van der Waals surface area contributed by atoms with Crippen LogP contribution in [0.5, 0.6) is 5.75 Å². The molecule has 2 aromatic rings. The quantitative estimate of drug-likeness (QED) is 0.825. The van der Waals surface area contributed by atoms with Gasteiger partial charge in [-0.05, 0) is 38.1 Å². The number of aromatic amines is 1. The Bertz CT molecular complexity index is 449. The first-order valence-electron chi connectivity index (χ1n) is 5.87. The molecule has 0 spiro atoms. The Balaban J connectivity index is 2.04. The summed E-state index contributed by atoms with van der Waals surface area (Å²) in [6.45, 7) is 4.83. The van der Waals surface area contributed by atoms with E-state index in [0.29, 0.717) is 0 Å². The number of anilines is 1. The molecular weight excluding hydrogens is 212 g/mol. The molecule has 2 rings (SSSR count). The van der Waals surface area contributed by atoms with Crippen molar-refractivity contribution in [1.82, 2.24) is 4.98 Å². The zero-order valence-electron chi connectivity index (χ0n) is 10.2. The summed E-state index contributed by atoms with van der Waals surface area (Å²) in [4.78, 5) is 3.16. The van der Waals surface area contributed by atoms with Gasteiger partial charge in [-0.2, -0.15) is 0 Å². The summed E-state index contributed by atoms with van der Waals surface area (Å²) in [6.07, 6.45) is 2.11. The van der Waals surface area contributed by atoms with E-state index in [2.05, 4.69) is 16.4 Å². The molecule has 0 aliphatic heterocycles. The fraction of sp³-hybridized carbons (Fsp3) is 0.286. The highest BCUT2D eigenvalue weighted by atomic mass is 16.5. The van der Waals surface area contributed by atoms with Crippen LogP contribution in [0.4, 0.5) is 5.69 Å². The Morgan fingerprint density at radius 2 is 2.00 bits per heavy atom. The standard InChI is InChI=1S/C14H18N2O/c1-11(2)17-14-8-4-3-7-13(14)16-10-12-6-5-9-15-12/h3-9,11,15-16H,10H2,1-2H3. The predicted octanol–water partition coefficient (Wildman–Crippen LogP) is 3.41. The molecule has 17 heavy (non-hydrogen) atoms. The second kappa shape index (κ2) is 5.43. The smallest absolute Gasteiger partial charge is 0.142 e. The maximum atomic E-state index is 5.74. The monoisotopic (exact) mass is 230 g/mol. The van der Waals surface area contributed by atoms with E-state index < -0.39 is 0 Å². The zero-order chi connectivity index (χ0) is 12.1. The summed E-state index contributed by atoms with van der Waals surface area (Å²) in [5.74, 6) is 0.897. The lowest BCUT2D eigenvalue weighted by molar-refractivity contribution is 0.243. The Kier molecular flexibility index (Phi) is 3.70. The largest absolute Gasteiger partial charge is 0.489 e. The number of aromatic nitrogens is 1. The van der Waals surface area contributed by atoms with E-state index in [-0.39, 0.29) is 6.10 Å². The van der Waals surface area contributed by atoms with Crippen LogP contribution in [0.3, 0.4) is 0 Å². The van der Waals surface area contributed by atoms with Gasteiger partial charge in [-0.3, -0.25) is 0 Å². The number of para-hydroxylation sites is 2. The van der Waals surface area contributed by atoms with Gasteiger partial charge in [0.1, 0.15) is 5.75 Å². The Hall–Kier alpha value is -1.90. The van der Waals surface area contributed by atoms with Crippen LogP contribution in [0.25, 0.3) is 0 Å². The van der Waals surface area contributed by atoms with Gasteiger partial charge in [-0.25, -0.2) is 0 Å². The van der Waals surface area contributed by atoms with E-state index in [1.54, 1.807) is 0 Å². The fourth-order valence-corrected chi connectivity index (χ4v) is 1.64. The van der Waals surface area contributed by atoms with E-state index in [9.17, 15) is 0 Å². The molecule has 0 bridgehead atoms. The summed E-state index contributed by atoms with van der Waals surface area (Å²) >= 11 is 0. The lowest BCUT2D eigenvalue weighted by atomic mass is 10.2. The van der Waals surface area contributed by atoms with Crippen LogP contribution < -0.4 is 10.1 Å². The molecular formula is C14H18N2O. The number of rotatable bonds is 5. The van der Waals surface area contributed by atoms with Crippen LogP contribution in [-0.2, 0) is 6.54 Å². The van der Waals surface area contributed by atoms with E-state index in [1.807, 2.05) is 50.4 Å². The molecule has 0 amide bonds. The summed E-state index contributed by atoms with van der Waals surface area (Å²) < 4.78 is 5.74. The van der Waals surface area contributed by atoms with E-state index in [0.717, 1.165) is 23.7 Å². The molecule has 0 aliphatic rings. The van der Waals surface area contributed by atoms with Gasteiger partial charge in [0.2, 0.25) is 0 Å². The number of ether oxygens (including phenoxy) is 1. The molecule has 1 aromatic heterocycles. The number of nitrogens with one attached hydrogen (secondary N) is 2. The average Bonchev–Trinajstić information content (AvgIpc) is 2.80. The van der Waals surface area contributed by atoms with Crippen molar-refractivity contribution < 1.29 is 4.74 Å². The van der Waals surface area contributed by atoms with Gasteiger partial charge >= 0.3 is 0 Å². The first-order valence-corrected chi connectivity index (χ1v) is 5.87. The first-order chi connectivity index (χ1) is 8.25. The normalized spacial score (nSPS) is 10.5.